The second-order valence-electron chi connectivity index (χ2n) is 5.54. The van der Waals surface area contributed by atoms with Gasteiger partial charge < -0.3 is 20.1 Å². The average molecular weight is 244 g/mol. The molecular formula is C13H28N2O2. The van der Waals surface area contributed by atoms with E-state index in [2.05, 4.69) is 17.3 Å². The Hall–Kier alpha value is -0.160. The molecule has 1 unspecified atom stereocenters. The van der Waals surface area contributed by atoms with Crippen molar-refractivity contribution in [2.75, 3.05) is 47.0 Å². The lowest BCUT2D eigenvalue weighted by Gasteiger charge is -2.29. The molecule has 1 rings (SSSR count). The van der Waals surface area contributed by atoms with E-state index in [4.69, 9.17) is 4.74 Å². The van der Waals surface area contributed by atoms with E-state index in [9.17, 15) is 5.11 Å². The number of rotatable bonds is 10. The van der Waals surface area contributed by atoms with Gasteiger partial charge in [-0.25, -0.2) is 0 Å². The molecule has 0 radical (unpaired) electrons. The molecule has 0 spiro atoms. The minimum Gasteiger partial charge on any atom is -0.394 e. The number of nitrogens with zero attached hydrogens (tertiary/aromatic N) is 1. The first-order valence-corrected chi connectivity index (χ1v) is 6.66. The molecule has 17 heavy (non-hydrogen) atoms. The second kappa shape index (κ2) is 7.31. The van der Waals surface area contributed by atoms with Gasteiger partial charge in [0.1, 0.15) is 0 Å². The van der Waals surface area contributed by atoms with E-state index in [1.807, 2.05) is 14.0 Å². The third-order valence-corrected chi connectivity index (χ3v) is 3.67. The molecule has 0 heterocycles. The van der Waals surface area contributed by atoms with Crippen molar-refractivity contribution >= 4 is 0 Å². The fraction of sp³-hybridized carbons (Fsp3) is 1.00. The third-order valence-electron chi connectivity index (χ3n) is 3.67. The fourth-order valence-electron chi connectivity index (χ4n) is 1.59. The maximum atomic E-state index is 9.27. The van der Waals surface area contributed by atoms with Crippen molar-refractivity contribution in [3.63, 3.8) is 0 Å². The summed E-state index contributed by atoms with van der Waals surface area (Å²) in [5.41, 5.74) is -0.164. The monoisotopic (exact) mass is 244 g/mol. The smallest absolute Gasteiger partial charge is 0.0610 e. The first kappa shape index (κ1) is 14.9. The summed E-state index contributed by atoms with van der Waals surface area (Å²) in [4.78, 5) is 2.26. The van der Waals surface area contributed by atoms with E-state index in [-0.39, 0.29) is 12.1 Å². The Morgan fingerprint density at radius 1 is 1.41 bits per heavy atom. The van der Waals surface area contributed by atoms with E-state index >= 15 is 0 Å². The highest BCUT2D eigenvalue weighted by Crippen LogP contribution is 2.28. The molecule has 0 aromatic heterocycles. The van der Waals surface area contributed by atoms with Crippen LogP contribution in [0.25, 0.3) is 0 Å². The van der Waals surface area contributed by atoms with Crippen molar-refractivity contribution in [3.8, 4) is 0 Å². The number of nitrogens with one attached hydrogen (secondary N) is 1. The first-order chi connectivity index (χ1) is 8.09. The summed E-state index contributed by atoms with van der Waals surface area (Å²) in [5.74, 6) is 0.849. The summed E-state index contributed by atoms with van der Waals surface area (Å²) in [7, 11) is 4.00. The highest BCUT2D eigenvalue weighted by atomic mass is 16.5. The fourth-order valence-corrected chi connectivity index (χ4v) is 1.59. The number of hydrogen-bond acceptors (Lipinski definition) is 4. The minimum atomic E-state index is -0.164. The lowest BCUT2D eigenvalue weighted by Crippen LogP contribution is -2.45. The van der Waals surface area contributed by atoms with Crippen molar-refractivity contribution in [2.45, 2.75) is 31.7 Å². The van der Waals surface area contributed by atoms with Crippen LogP contribution in [-0.2, 0) is 4.74 Å². The van der Waals surface area contributed by atoms with Crippen LogP contribution in [0.2, 0.25) is 0 Å². The SMILES string of the molecule is CNC(C)(CO)CCN(C)CCOCC1CC1. The van der Waals surface area contributed by atoms with Crippen molar-refractivity contribution in [1.29, 1.82) is 0 Å². The number of likely N-dealkylation sites (N-methyl/N-ethyl adjacent to an activating group) is 2. The van der Waals surface area contributed by atoms with Crippen LogP contribution in [-0.4, -0.2) is 62.6 Å². The van der Waals surface area contributed by atoms with Crippen LogP contribution in [0.3, 0.4) is 0 Å². The quantitative estimate of drug-likeness (QED) is 0.556. The predicted octanol–water partition coefficient (Wildman–Crippen LogP) is 0.705. The van der Waals surface area contributed by atoms with Crippen LogP contribution in [0, 0.1) is 5.92 Å². The van der Waals surface area contributed by atoms with Crippen molar-refractivity contribution in [2.24, 2.45) is 5.92 Å². The van der Waals surface area contributed by atoms with Gasteiger partial charge in [0.05, 0.1) is 13.2 Å². The predicted molar refractivity (Wildman–Crippen MR) is 70.2 cm³/mol. The normalized spacial score (nSPS) is 19.6. The molecular weight excluding hydrogens is 216 g/mol. The first-order valence-electron chi connectivity index (χ1n) is 6.66. The van der Waals surface area contributed by atoms with Gasteiger partial charge in [0, 0.05) is 18.7 Å². The molecule has 1 fully saturated rings. The highest BCUT2D eigenvalue weighted by Gasteiger charge is 2.22. The zero-order valence-electron chi connectivity index (χ0n) is 11.5. The number of aliphatic hydroxyl groups excluding tert-OH is 1. The summed E-state index contributed by atoms with van der Waals surface area (Å²) in [5, 5.41) is 12.4. The molecule has 0 bridgehead atoms. The van der Waals surface area contributed by atoms with Gasteiger partial charge in [-0.1, -0.05) is 0 Å². The van der Waals surface area contributed by atoms with Gasteiger partial charge in [-0.3, -0.25) is 0 Å². The molecule has 1 saturated carbocycles. The zero-order chi connectivity index (χ0) is 12.7. The Morgan fingerprint density at radius 2 is 2.12 bits per heavy atom. The van der Waals surface area contributed by atoms with Gasteiger partial charge in [0.25, 0.3) is 0 Å². The zero-order valence-corrected chi connectivity index (χ0v) is 11.5. The Balaban J connectivity index is 2.00. The summed E-state index contributed by atoms with van der Waals surface area (Å²) in [6, 6.07) is 0. The molecule has 1 aliphatic rings. The van der Waals surface area contributed by atoms with Crippen LogP contribution in [0.1, 0.15) is 26.2 Å². The van der Waals surface area contributed by atoms with E-state index in [1.165, 1.54) is 12.8 Å². The largest absolute Gasteiger partial charge is 0.394 e. The summed E-state index contributed by atoms with van der Waals surface area (Å²) >= 11 is 0. The van der Waals surface area contributed by atoms with Gasteiger partial charge in [-0.15, -0.1) is 0 Å². The lowest BCUT2D eigenvalue weighted by atomic mass is 9.99. The van der Waals surface area contributed by atoms with Crippen LogP contribution in [0.15, 0.2) is 0 Å². The van der Waals surface area contributed by atoms with Crippen LogP contribution < -0.4 is 5.32 Å². The second-order valence-corrected chi connectivity index (χ2v) is 5.54. The molecule has 0 aromatic carbocycles. The third kappa shape index (κ3) is 6.36. The Kier molecular flexibility index (Phi) is 6.41. The topological polar surface area (TPSA) is 44.7 Å². The van der Waals surface area contributed by atoms with E-state index < -0.39 is 0 Å². The van der Waals surface area contributed by atoms with Crippen LogP contribution >= 0.6 is 0 Å². The number of ether oxygens (including phenoxy) is 1. The van der Waals surface area contributed by atoms with Gasteiger partial charge in [0.2, 0.25) is 0 Å². The number of hydrogen-bond donors (Lipinski definition) is 2. The molecule has 1 aliphatic carbocycles. The van der Waals surface area contributed by atoms with Gasteiger partial charge >= 0.3 is 0 Å². The van der Waals surface area contributed by atoms with Crippen molar-refractivity contribution in [1.82, 2.24) is 10.2 Å². The maximum Gasteiger partial charge on any atom is 0.0610 e. The average Bonchev–Trinajstić information content (AvgIpc) is 3.16. The minimum absolute atomic E-state index is 0.164. The van der Waals surface area contributed by atoms with Gasteiger partial charge in [0.15, 0.2) is 0 Å². The van der Waals surface area contributed by atoms with Crippen LogP contribution in [0.5, 0.6) is 0 Å². The van der Waals surface area contributed by atoms with Gasteiger partial charge in [-0.2, -0.15) is 0 Å². The Labute approximate surface area is 105 Å². The molecule has 4 nitrogen and oxygen atoms in total. The number of aliphatic hydroxyl groups is 1. The maximum absolute atomic E-state index is 9.27. The molecule has 0 amide bonds. The summed E-state index contributed by atoms with van der Waals surface area (Å²) in [6.07, 6.45) is 3.65. The van der Waals surface area contributed by atoms with E-state index in [0.717, 1.165) is 38.6 Å². The Bertz CT molecular complexity index is 204. The summed E-state index contributed by atoms with van der Waals surface area (Å²) in [6.45, 7) is 5.93. The molecule has 4 heteroatoms. The molecule has 1 atom stereocenters. The van der Waals surface area contributed by atoms with Crippen molar-refractivity contribution in [3.05, 3.63) is 0 Å². The standard InChI is InChI=1S/C13H28N2O2/c1-13(11-16,14-2)6-7-15(3)8-9-17-10-12-4-5-12/h12,14,16H,4-11H2,1-3H3. The van der Waals surface area contributed by atoms with Crippen molar-refractivity contribution < 1.29 is 9.84 Å². The highest BCUT2D eigenvalue weighted by molar-refractivity contribution is 4.81. The molecule has 0 aliphatic heterocycles. The van der Waals surface area contributed by atoms with Crippen LogP contribution in [0.4, 0.5) is 0 Å². The van der Waals surface area contributed by atoms with E-state index in [1.54, 1.807) is 0 Å². The molecule has 2 N–H and O–H groups in total. The van der Waals surface area contributed by atoms with E-state index in [0.29, 0.717) is 0 Å². The summed E-state index contributed by atoms with van der Waals surface area (Å²) < 4.78 is 5.61. The lowest BCUT2D eigenvalue weighted by molar-refractivity contribution is 0.0971. The Morgan fingerprint density at radius 3 is 2.65 bits per heavy atom. The molecule has 0 aromatic rings. The van der Waals surface area contributed by atoms with Gasteiger partial charge in [-0.05, 0) is 52.7 Å². The molecule has 0 saturated heterocycles. The molecule has 102 valence electrons.